The molecule has 102 valence electrons. The van der Waals surface area contributed by atoms with E-state index in [1.807, 2.05) is 0 Å². The van der Waals surface area contributed by atoms with Gasteiger partial charge in [0.1, 0.15) is 0 Å². The second-order valence-corrected chi connectivity index (χ2v) is 4.36. The number of carbonyl (C=O) groups is 2. The van der Waals surface area contributed by atoms with Crippen molar-refractivity contribution in [3.05, 3.63) is 29.8 Å². The van der Waals surface area contributed by atoms with Crippen LogP contribution in [0.15, 0.2) is 24.3 Å². The molecule has 0 aliphatic carbocycles. The predicted molar refractivity (Wildman–Crippen MR) is 66.0 cm³/mol. The Morgan fingerprint density at radius 2 is 1.84 bits per heavy atom. The number of rotatable bonds is 2. The lowest BCUT2D eigenvalue weighted by molar-refractivity contribution is 0.0572. The zero-order valence-electron chi connectivity index (χ0n) is 9.98. The summed E-state index contributed by atoms with van der Waals surface area (Å²) < 4.78 is 0. The molecular formula is C12H14N2O5. The third-order valence-corrected chi connectivity index (χ3v) is 2.91. The first kappa shape index (κ1) is 13.3. The molecule has 0 aromatic heterocycles. The van der Waals surface area contributed by atoms with Crippen LogP contribution in [0.3, 0.4) is 0 Å². The van der Waals surface area contributed by atoms with Gasteiger partial charge in [-0.15, -0.1) is 0 Å². The molecule has 1 heterocycles. The van der Waals surface area contributed by atoms with Crippen molar-refractivity contribution in [1.82, 2.24) is 4.90 Å². The highest BCUT2D eigenvalue weighted by Gasteiger charge is 2.32. The first-order valence-corrected chi connectivity index (χ1v) is 5.73. The van der Waals surface area contributed by atoms with Crippen molar-refractivity contribution in [2.75, 3.05) is 18.4 Å². The fraction of sp³-hybridized carbons (Fsp3) is 0.333. The van der Waals surface area contributed by atoms with E-state index in [4.69, 9.17) is 5.11 Å². The Morgan fingerprint density at radius 3 is 2.42 bits per heavy atom. The van der Waals surface area contributed by atoms with Crippen LogP contribution in [0.1, 0.15) is 10.4 Å². The molecule has 1 aromatic rings. The number of aliphatic hydroxyl groups excluding tert-OH is 2. The summed E-state index contributed by atoms with van der Waals surface area (Å²) in [6.45, 7) is 0.0945. The van der Waals surface area contributed by atoms with Crippen LogP contribution in [-0.2, 0) is 0 Å². The lowest BCUT2D eigenvalue weighted by Gasteiger charge is -2.16. The largest absolute Gasteiger partial charge is 0.478 e. The van der Waals surface area contributed by atoms with E-state index in [-0.39, 0.29) is 18.7 Å². The topological polar surface area (TPSA) is 110 Å². The normalized spacial score (nSPS) is 22.3. The number of amides is 2. The number of nitrogens with one attached hydrogen (secondary N) is 1. The number of aliphatic hydroxyl groups is 2. The zero-order chi connectivity index (χ0) is 14.0. The summed E-state index contributed by atoms with van der Waals surface area (Å²) in [5.41, 5.74) is 0.417. The van der Waals surface area contributed by atoms with Crippen LogP contribution in [0.25, 0.3) is 0 Å². The maximum Gasteiger partial charge on any atom is 0.335 e. The van der Waals surface area contributed by atoms with Gasteiger partial charge in [-0.2, -0.15) is 0 Å². The molecule has 1 aliphatic rings. The number of likely N-dealkylation sites (tertiary alicyclic amines) is 1. The van der Waals surface area contributed by atoms with Crippen molar-refractivity contribution in [2.45, 2.75) is 12.2 Å². The lowest BCUT2D eigenvalue weighted by Crippen LogP contribution is -2.33. The quantitative estimate of drug-likeness (QED) is 0.600. The number of urea groups is 1. The van der Waals surface area contributed by atoms with Gasteiger partial charge >= 0.3 is 12.0 Å². The summed E-state index contributed by atoms with van der Waals surface area (Å²) in [6.07, 6.45) is -1.90. The zero-order valence-corrected chi connectivity index (χ0v) is 9.98. The molecule has 19 heavy (non-hydrogen) atoms. The van der Waals surface area contributed by atoms with Crippen molar-refractivity contribution in [2.24, 2.45) is 0 Å². The Balaban J connectivity index is 2.03. The summed E-state index contributed by atoms with van der Waals surface area (Å²) in [7, 11) is 0. The molecule has 0 bridgehead atoms. The van der Waals surface area contributed by atoms with E-state index in [9.17, 15) is 19.8 Å². The molecule has 1 aromatic carbocycles. The van der Waals surface area contributed by atoms with E-state index in [1.165, 1.54) is 23.1 Å². The van der Waals surface area contributed by atoms with E-state index in [2.05, 4.69) is 5.32 Å². The van der Waals surface area contributed by atoms with E-state index in [0.29, 0.717) is 5.69 Å². The number of carboxylic acid groups (broad SMARTS) is 1. The summed E-state index contributed by atoms with van der Waals surface area (Å²) in [5.74, 6) is -1.08. The smallest absolute Gasteiger partial charge is 0.335 e. The Bertz CT molecular complexity index is 495. The molecule has 7 heteroatoms. The number of hydrogen-bond acceptors (Lipinski definition) is 4. The van der Waals surface area contributed by atoms with Crippen molar-refractivity contribution < 1.29 is 24.9 Å². The Labute approximate surface area is 109 Å². The van der Waals surface area contributed by atoms with Gasteiger partial charge in [-0.05, 0) is 18.2 Å². The third-order valence-electron chi connectivity index (χ3n) is 2.91. The average molecular weight is 266 g/mol. The number of benzene rings is 1. The first-order chi connectivity index (χ1) is 8.97. The van der Waals surface area contributed by atoms with Crippen LogP contribution < -0.4 is 5.32 Å². The SMILES string of the molecule is O=C(O)c1cccc(NC(=O)N2CC(O)C(O)C2)c1. The molecule has 2 atom stereocenters. The van der Waals surface area contributed by atoms with Gasteiger partial charge < -0.3 is 25.5 Å². The number of anilines is 1. The van der Waals surface area contributed by atoms with Crippen LogP contribution in [0.2, 0.25) is 0 Å². The molecule has 2 rings (SSSR count). The van der Waals surface area contributed by atoms with Gasteiger partial charge in [0.05, 0.1) is 30.9 Å². The highest BCUT2D eigenvalue weighted by molar-refractivity contribution is 5.93. The molecule has 7 nitrogen and oxygen atoms in total. The minimum Gasteiger partial charge on any atom is -0.478 e. The minimum atomic E-state index is -1.08. The molecule has 1 saturated heterocycles. The van der Waals surface area contributed by atoms with Crippen LogP contribution in [-0.4, -0.2) is 57.5 Å². The standard InChI is InChI=1S/C12H14N2O5/c15-9-5-14(6-10(9)16)12(19)13-8-3-1-2-7(4-8)11(17)18/h1-4,9-10,15-16H,5-6H2,(H,13,19)(H,17,18). The monoisotopic (exact) mass is 266 g/mol. The highest BCUT2D eigenvalue weighted by atomic mass is 16.4. The minimum absolute atomic E-state index is 0.0472. The van der Waals surface area contributed by atoms with Gasteiger partial charge in [-0.25, -0.2) is 9.59 Å². The fourth-order valence-corrected chi connectivity index (χ4v) is 1.87. The predicted octanol–water partition coefficient (Wildman–Crippen LogP) is -0.0459. The third kappa shape index (κ3) is 3.01. The number of carboxylic acids is 1. The van der Waals surface area contributed by atoms with Gasteiger partial charge in [-0.3, -0.25) is 0 Å². The summed E-state index contributed by atoms with van der Waals surface area (Å²) in [5, 5.41) is 30.1. The van der Waals surface area contributed by atoms with Gasteiger partial charge in [-0.1, -0.05) is 6.07 Å². The average Bonchev–Trinajstić information content (AvgIpc) is 2.70. The second kappa shape index (κ2) is 5.25. The summed E-state index contributed by atoms with van der Waals surface area (Å²) in [4.78, 5) is 23.9. The van der Waals surface area contributed by atoms with Crippen molar-refractivity contribution in [1.29, 1.82) is 0 Å². The van der Waals surface area contributed by atoms with Crippen molar-refractivity contribution >= 4 is 17.7 Å². The van der Waals surface area contributed by atoms with Crippen LogP contribution in [0.4, 0.5) is 10.5 Å². The second-order valence-electron chi connectivity index (χ2n) is 4.36. The molecule has 1 aliphatic heterocycles. The molecule has 1 fully saturated rings. The fourth-order valence-electron chi connectivity index (χ4n) is 1.87. The van der Waals surface area contributed by atoms with Gasteiger partial charge in [0.25, 0.3) is 0 Å². The van der Waals surface area contributed by atoms with Crippen molar-refractivity contribution in [3.8, 4) is 0 Å². The molecule has 0 saturated carbocycles. The van der Waals surface area contributed by atoms with Crippen LogP contribution >= 0.6 is 0 Å². The van der Waals surface area contributed by atoms with E-state index < -0.39 is 24.2 Å². The maximum absolute atomic E-state index is 11.8. The van der Waals surface area contributed by atoms with Crippen LogP contribution in [0.5, 0.6) is 0 Å². The van der Waals surface area contributed by atoms with Crippen molar-refractivity contribution in [3.63, 3.8) is 0 Å². The Hall–Kier alpha value is -2.12. The molecule has 0 spiro atoms. The number of aromatic carboxylic acids is 1. The summed E-state index contributed by atoms with van der Waals surface area (Å²) >= 11 is 0. The molecular weight excluding hydrogens is 252 g/mol. The van der Waals surface area contributed by atoms with E-state index in [1.54, 1.807) is 6.07 Å². The Morgan fingerprint density at radius 1 is 1.21 bits per heavy atom. The number of hydrogen-bond donors (Lipinski definition) is 4. The lowest BCUT2D eigenvalue weighted by atomic mass is 10.2. The number of nitrogens with zero attached hydrogens (tertiary/aromatic N) is 1. The molecule has 2 amide bonds. The molecule has 2 unspecified atom stereocenters. The number of β-amino-alcohol motifs (C(OH)–C–C–N with tert-alkyl or cyclic N) is 2. The van der Waals surface area contributed by atoms with Gasteiger partial charge in [0.2, 0.25) is 0 Å². The van der Waals surface area contributed by atoms with Gasteiger partial charge in [0, 0.05) is 5.69 Å². The van der Waals surface area contributed by atoms with E-state index >= 15 is 0 Å². The van der Waals surface area contributed by atoms with E-state index in [0.717, 1.165) is 0 Å². The molecule has 4 N–H and O–H groups in total. The van der Waals surface area contributed by atoms with Gasteiger partial charge in [0.15, 0.2) is 0 Å². The summed E-state index contributed by atoms with van der Waals surface area (Å²) in [6, 6.07) is 5.35. The maximum atomic E-state index is 11.8. The highest BCUT2D eigenvalue weighted by Crippen LogP contribution is 2.14. The first-order valence-electron chi connectivity index (χ1n) is 5.73. The Kier molecular flexibility index (Phi) is 3.68. The molecule has 0 radical (unpaired) electrons. The van der Waals surface area contributed by atoms with Crippen LogP contribution in [0, 0.1) is 0 Å². The number of carbonyl (C=O) groups excluding carboxylic acids is 1.